The normalized spacial score (nSPS) is 13.7. The Morgan fingerprint density at radius 2 is 1.21 bits per heavy atom. The number of carboxylic acid groups (broad SMARTS) is 3. The maximum Gasteiger partial charge on any atom is 0.326 e. The SMILES string of the molecule is NC(=O)CC(NC(=O)C(CCC(=O)O)NC(=O)C(N)CCC(=O)O)C(=O)NC(Cc1ccccc1)C(=O)O. The maximum absolute atomic E-state index is 12.9. The molecule has 0 saturated heterocycles. The van der Waals surface area contributed by atoms with Crippen molar-refractivity contribution in [2.24, 2.45) is 11.5 Å². The van der Waals surface area contributed by atoms with Gasteiger partial charge in [-0.15, -0.1) is 0 Å². The second-order valence-corrected chi connectivity index (χ2v) is 8.35. The van der Waals surface area contributed by atoms with Crippen LogP contribution in [0, 0.1) is 0 Å². The van der Waals surface area contributed by atoms with Crippen LogP contribution in [0.25, 0.3) is 0 Å². The number of amides is 4. The number of hydrogen-bond acceptors (Lipinski definition) is 8. The number of hydrogen-bond donors (Lipinski definition) is 8. The summed E-state index contributed by atoms with van der Waals surface area (Å²) in [6.45, 7) is 0. The summed E-state index contributed by atoms with van der Waals surface area (Å²) in [6.07, 6.45) is -2.55. The minimum Gasteiger partial charge on any atom is -0.481 e. The highest BCUT2D eigenvalue weighted by Gasteiger charge is 2.31. The first-order valence-electron chi connectivity index (χ1n) is 11.5. The zero-order valence-electron chi connectivity index (χ0n) is 20.3. The highest BCUT2D eigenvalue weighted by atomic mass is 16.4. The zero-order chi connectivity index (χ0) is 28.8. The molecule has 0 spiro atoms. The number of carbonyl (C=O) groups is 7. The first kappa shape index (κ1) is 31.5. The molecule has 208 valence electrons. The molecule has 4 amide bonds. The summed E-state index contributed by atoms with van der Waals surface area (Å²) in [7, 11) is 0. The van der Waals surface area contributed by atoms with Gasteiger partial charge in [0.25, 0.3) is 0 Å². The summed E-state index contributed by atoms with van der Waals surface area (Å²) in [5.41, 5.74) is 11.4. The Morgan fingerprint density at radius 3 is 1.74 bits per heavy atom. The molecule has 15 heteroatoms. The summed E-state index contributed by atoms with van der Waals surface area (Å²) in [5, 5.41) is 33.9. The molecule has 0 aliphatic rings. The van der Waals surface area contributed by atoms with Crippen molar-refractivity contribution in [2.75, 3.05) is 0 Å². The molecule has 15 nitrogen and oxygen atoms in total. The van der Waals surface area contributed by atoms with Gasteiger partial charge in [0.2, 0.25) is 23.6 Å². The Bertz CT molecular complexity index is 1030. The topological polar surface area (TPSA) is 268 Å². The molecular formula is C23H31N5O10. The van der Waals surface area contributed by atoms with Crippen LogP contribution in [-0.4, -0.2) is 81.0 Å². The molecule has 0 saturated carbocycles. The molecule has 1 aromatic carbocycles. The molecule has 0 bridgehead atoms. The number of carboxylic acids is 3. The zero-order valence-corrected chi connectivity index (χ0v) is 20.3. The fourth-order valence-electron chi connectivity index (χ4n) is 3.23. The molecule has 0 aromatic heterocycles. The van der Waals surface area contributed by atoms with Crippen LogP contribution in [-0.2, 0) is 40.0 Å². The fraction of sp³-hybridized carbons (Fsp3) is 0.435. The third kappa shape index (κ3) is 11.9. The van der Waals surface area contributed by atoms with Crippen molar-refractivity contribution >= 4 is 41.5 Å². The van der Waals surface area contributed by atoms with Crippen LogP contribution in [0.3, 0.4) is 0 Å². The molecule has 4 atom stereocenters. The third-order valence-electron chi connectivity index (χ3n) is 5.22. The lowest BCUT2D eigenvalue weighted by Gasteiger charge is -2.24. The summed E-state index contributed by atoms with van der Waals surface area (Å²) in [6, 6.07) is 2.41. The average Bonchev–Trinajstić information content (AvgIpc) is 2.83. The van der Waals surface area contributed by atoms with Gasteiger partial charge in [-0.05, 0) is 18.4 Å². The van der Waals surface area contributed by atoms with Crippen molar-refractivity contribution in [3.05, 3.63) is 35.9 Å². The van der Waals surface area contributed by atoms with Gasteiger partial charge in [-0.25, -0.2) is 4.79 Å². The largest absolute Gasteiger partial charge is 0.481 e. The quantitative estimate of drug-likeness (QED) is 0.105. The van der Waals surface area contributed by atoms with Gasteiger partial charge in [-0.1, -0.05) is 30.3 Å². The minimum atomic E-state index is -1.65. The van der Waals surface area contributed by atoms with Gasteiger partial charge in [0.15, 0.2) is 0 Å². The molecule has 0 heterocycles. The Labute approximate surface area is 216 Å². The van der Waals surface area contributed by atoms with E-state index in [1.165, 1.54) is 0 Å². The van der Waals surface area contributed by atoms with E-state index in [4.69, 9.17) is 21.7 Å². The Kier molecular flexibility index (Phi) is 12.9. The van der Waals surface area contributed by atoms with Crippen molar-refractivity contribution in [2.45, 2.75) is 62.7 Å². The van der Waals surface area contributed by atoms with Crippen LogP contribution in [0.1, 0.15) is 37.7 Å². The van der Waals surface area contributed by atoms with Gasteiger partial charge in [-0.2, -0.15) is 0 Å². The fourth-order valence-corrected chi connectivity index (χ4v) is 3.23. The first-order valence-corrected chi connectivity index (χ1v) is 11.5. The highest BCUT2D eigenvalue weighted by molar-refractivity contribution is 5.96. The predicted molar refractivity (Wildman–Crippen MR) is 129 cm³/mol. The minimum absolute atomic E-state index is 0.106. The molecule has 0 aliphatic heterocycles. The number of carbonyl (C=O) groups excluding carboxylic acids is 4. The van der Waals surface area contributed by atoms with Crippen LogP contribution in [0.15, 0.2) is 30.3 Å². The van der Waals surface area contributed by atoms with Crippen molar-refractivity contribution in [1.29, 1.82) is 0 Å². The smallest absolute Gasteiger partial charge is 0.326 e. The summed E-state index contributed by atoms with van der Waals surface area (Å²) in [5.74, 6) is -7.97. The van der Waals surface area contributed by atoms with Gasteiger partial charge >= 0.3 is 17.9 Å². The van der Waals surface area contributed by atoms with E-state index in [1.807, 2.05) is 0 Å². The van der Waals surface area contributed by atoms with Crippen LogP contribution in [0.5, 0.6) is 0 Å². The van der Waals surface area contributed by atoms with E-state index in [-0.39, 0.29) is 12.8 Å². The predicted octanol–water partition coefficient (Wildman–Crippen LogP) is -2.30. The van der Waals surface area contributed by atoms with Gasteiger partial charge in [0.1, 0.15) is 18.1 Å². The van der Waals surface area contributed by atoms with E-state index in [0.29, 0.717) is 5.56 Å². The number of rotatable bonds is 17. The maximum atomic E-state index is 12.9. The van der Waals surface area contributed by atoms with Crippen LogP contribution in [0.4, 0.5) is 0 Å². The summed E-state index contributed by atoms with van der Waals surface area (Å²) >= 11 is 0. The molecule has 4 unspecified atom stereocenters. The second-order valence-electron chi connectivity index (χ2n) is 8.35. The Hall–Kier alpha value is -4.53. The van der Waals surface area contributed by atoms with Gasteiger partial charge < -0.3 is 42.7 Å². The van der Waals surface area contributed by atoms with Crippen molar-refractivity contribution in [3.8, 4) is 0 Å². The van der Waals surface area contributed by atoms with Gasteiger partial charge in [0.05, 0.1) is 12.5 Å². The lowest BCUT2D eigenvalue weighted by molar-refractivity contribution is -0.142. The number of aliphatic carboxylic acids is 3. The molecule has 38 heavy (non-hydrogen) atoms. The van der Waals surface area contributed by atoms with E-state index in [2.05, 4.69) is 16.0 Å². The molecule has 0 radical (unpaired) electrons. The number of primary amides is 1. The molecular weight excluding hydrogens is 506 g/mol. The molecule has 1 aromatic rings. The lowest BCUT2D eigenvalue weighted by Crippen LogP contribution is -2.58. The summed E-state index contributed by atoms with van der Waals surface area (Å²) in [4.78, 5) is 83.0. The molecule has 0 aliphatic carbocycles. The van der Waals surface area contributed by atoms with E-state index < -0.39 is 91.4 Å². The van der Waals surface area contributed by atoms with E-state index in [1.54, 1.807) is 30.3 Å². The van der Waals surface area contributed by atoms with E-state index in [9.17, 15) is 38.7 Å². The molecule has 10 N–H and O–H groups in total. The summed E-state index contributed by atoms with van der Waals surface area (Å²) < 4.78 is 0. The standard InChI is InChI=1S/C23H31N5O10/c24-13(6-8-18(30)31)20(34)26-14(7-9-19(32)33)21(35)27-15(11-17(25)29)22(36)28-16(23(37)38)10-12-4-2-1-3-5-12/h1-5,13-16H,6-11,24H2,(H2,25,29)(H,26,34)(H,27,35)(H,28,36)(H,30,31)(H,32,33)(H,37,38). The van der Waals surface area contributed by atoms with Gasteiger partial charge in [0, 0.05) is 19.3 Å². The van der Waals surface area contributed by atoms with Crippen molar-refractivity contribution in [3.63, 3.8) is 0 Å². The highest BCUT2D eigenvalue weighted by Crippen LogP contribution is 2.06. The average molecular weight is 538 g/mol. The van der Waals surface area contributed by atoms with Crippen LogP contribution in [0.2, 0.25) is 0 Å². The Morgan fingerprint density at radius 1 is 0.711 bits per heavy atom. The van der Waals surface area contributed by atoms with Crippen LogP contribution < -0.4 is 27.4 Å². The Balaban J connectivity index is 3.02. The monoisotopic (exact) mass is 537 g/mol. The lowest BCUT2D eigenvalue weighted by atomic mass is 10.0. The number of nitrogens with two attached hydrogens (primary N) is 2. The second kappa shape index (κ2) is 15.6. The van der Waals surface area contributed by atoms with Crippen molar-refractivity contribution < 1.29 is 48.9 Å². The third-order valence-corrected chi connectivity index (χ3v) is 5.22. The van der Waals surface area contributed by atoms with Crippen molar-refractivity contribution in [1.82, 2.24) is 16.0 Å². The van der Waals surface area contributed by atoms with Gasteiger partial charge in [-0.3, -0.25) is 28.8 Å². The first-order chi connectivity index (χ1) is 17.8. The molecule has 0 fully saturated rings. The number of nitrogens with one attached hydrogen (secondary N) is 3. The van der Waals surface area contributed by atoms with Crippen LogP contribution >= 0.6 is 0 Å². The number of benzene rings is 1. The van der Waals surface area contributed by atoms with E-state index >= 15 is 0 Å². The molecule has 1 rings (SSSR count). The van der Waals surface area contributed by atoms with E-state index in [0.717, 1.165) is 0 Å².